The molecular formula is C28H31BrClN3O4S. The molecule has 3 rings (SSSR count). The number of hydrogen-bond donors (Lipinski definition) is 1. The van der Waals surface area contributed by atoms with E-state index in [1.807, 2.05) is 44.2 Å². The third kappa shape index (κ3) is 8.31. The minimum absolute atomic E-state index is 0.0254. The Kier molecular flexibility index (Phi) is 10.4. The van der Waals surface area contributed by atoms with Crippen molar-refractivity contribution in [1.29, 1.82) is 0 Å². The molecule has 0 unspecified atom stereocenters. The van der Waals surface area contributed by atoms with Gasteiger partial charge in [-0.1, -0.05) is 82.1 Å². The lowest BCUT2D eigenvalue weighted by Gasteiger charge is -2.34. The summed E-state index contributed by atoms with van der Waals surface area (Å²) in [5.74, 6) is -0.868. The quantitative estimate of drug-likeness (QED) is 0.326. The fourth-order valence-corrected chi connectivity index (χ4v) is 5.41. The van der Waals surface area contributed by atoms with E-state index < -0.39 is 28.5 Å². The maximum absolute atomic E-state index is 14.0. The molecule has 3 aromatic carbocycles. The number of halogens is 2. The zero-order valence-electron chi connectivity index (χ0n) is 21.5. The van der Waals surface area contributed by atoms with E-state index in [4.69, 9.17) is 11.6 Å². The molecule has 0 aromatic heterocycles. The molecule has 0 aliphatic rings. The van der Waals surface area contributed by atoms with Crippen LogP contribution in [0.3, 0.4) is 0 Å². The molecule has 0 aliphatic heterocycles. The zero-order chi connectivity index (χ0) is 27.9. The standard InChI is InChI=1S/C28H31BrClN3O4S/c1-20(2)31-28(35)26(16-21-10-5-4-6-11-21)32(18-22-12-7-8-15-25(22)30)27(34)19-33(38(3,36)37)24-14-9-13-23(29)17-24/h4-15,17,20,26H,16,18-19H2,1-3H3,(H,31,35)/t26-/m1/s1. The Balaban J connectivity index is 2.07. The summed E-state index contributed by atoms with van der Waals surface area (Å²) in [6.07, 6.45) is 1.29. The van der Waals surface area contributed by atoms with E-state index in [-0.39, 0.29) is 24.9 Å². The van der Waals surface area contributed by atoms with E-state index in [9.17, 15) is 18.0 Å². The highest BCUT2D eigenvalue weighted by atomic mass is 79.9. The van der Waals surface area contributed by atoms with Crippen LogP contribution in [0.15, 0.2) is 83.3 Å². The molecule has 0 saturated heterocycles. The highest BCUT2D eigenvalue weighted by Crippen LogP contribution is 2.24. The van der Waals surface area contributed by atoms with Gasteiger partial charge in [0.1, 0.15) is 12.6 Å². The highest BCUT2D eigenvalue weighted by Gasteiger charge is 2.33. The van der Waals surface area contributed by atoms with Crippen molar-refractivity contribution in [2.24, 2.45) is 0 Å². The minimum atomic E-state index is -3.83. The van der Waals surface area contributed by atoms with Crippen LogP contribution in [-0.2, 0) is 32.6 Å². The summed E-state index contributed by atoms with van der Waals surface area (Å²) in [6, 6.07) is 22.1. The summed E-state index contributed by atoms with van der Waals surface area (Å²) < 4.78 is 27.3. The van der Waals surface area contributed by atoms with Gasteiger partial charge < -0.3 is 10.2 Å². The number of amides is 2. The number of anilines is 1. The van der Waals surface area contributed by atoms with Crippen molar-refractivity contribution in [2.75, 3.05) is 17.1 Å². The molecule has 0 fully saturated rings. The second-order valence-corrected chi connectivity index (χ2v) is 12.5. The molecule has 0 spiro atoms. The fraction of sp³-hybridized carbons (Fsp3) is 0.286. The third-order valence-electron chi connectivity index (χ3n) is 5.78. The monoisotopic (exact) mass is 619 g/mol. The minimum Gasteiger partial charge on any atom is -0.352 e. The Bertz CT molecular complexity index is 1370. The largest absolute Gasteiger partial charge is 0.352 e. The molecule has 38 heavy (non-hydrogen) atoms. The number of carbonyl (C=O) groups is 2. The predicted octanol–water partition coefficient (Wildman–Crippen LogP) is 5.03. The second-order valence-electron chi connectivity index (χ2n) is 9.23. The lowest BCUT2D eigenvalue weighted by atomic mass is 10.0. The van der Waals surface area contributed by atoms with Crippen LogP contribution in [0, 0.1) is 0 Å². The lowest BCUT2D eigenvalue weighted by Crippen LogP contribution is -2.54. The summed E-state index contributed by atoms with van der Waals surface area (Å²) in [7, 11) is -3.83. The van der Waals surface area contributed by atoms with Crippen molar-refractivity contribution in [1.82, 2.24) is 10.2 Å². The van der Waals surface area contributed by atoms with Gasteiger partial charge in [0, 0.05) is 28.5 Å². The Labute approximate surface area is 238 Å². The van der Waals surface area contributed by atoms with Crippen LogP contribution in [-0.4, -0.2) is 50.0 Å². The Hall–Kier alpha value is -2.88. The molecule has 7 nitrogen and oxygen atoms in total. The lowest BCUT2D eigenvalue weighted by molar-refractivity contribution is -0.140. The maximum atomic E-state index is 14.0. The second kappa shape index (κ2) is 13.3. The van der Waals surface area contributed by atoms with Gasteiger partial charge in [0.05, 0.1) is 11.9 Å². The van der Waals surface area contributed by atoms with Crippen LogP contribution in [0.4, 0.5) is 5.69 Å². The summed E-state index contributed by atoms with van der Waals surface area (Å²) in [5, 5.41) is 3.36. The predicted molar refractivity (Wildman–Crippen MR) is 156 cm³/mol. The number of nitrogens with zero attached hydrogens (tertiary/aromatic N) is 2. The smallest absolute Gasteiger partial charge is 0.244 e. The van der Waals surface area contributed by atoms with Gasteiger partial charge in [-0.05, 0) is 49.2 Å². The molecule has 0 heterocycles. The highest BCUT2D eigenvalue weighted by molar-refractivity contribution is 9.10. The number of nitrogens with one attached hydrogen (secondary N) is 1. The van der Waals surface area contributed by atoms with E-state index in [1.54, 1.807) is 48.5 Å². The van der Waals surface area contributed by atoms with Crippen molar-refractivity contribution in [3.8, 4) is 0 Å². The first-order valence-electron chi connectivity index (χ1n) is 12.1. The molecule has 1 atom stereocenters. The summed E-state index contributed by atoms with van der Waals surface area (Å²) in [6.45, 7) is 3.23. The van der Waals surface area contributed by atoms with Crippen molar-refractivity contribution < 1.29 is 18.0 Å². The number of sulfonamides is 1. The molecular weight excluding hydrogens is 590 g/mol. The SMILES string of the molecule is CC(C)NC(=O)[C@@H](Cc1ccccc1)N(Cc1ccccc1Cl)C(=O)CN(c1cccc(Br)c1)S(C)(=O)=O. The van der Waals surface area contributed by atoms with Crippen LogP contribution in [0.2, 0.25) is 5.02 Å². The normalized spacial score (nSPS) is 12.2. The van der Waals surface area contributed by atoms with Crippen LogP contribution in [0.25, 0.3) is 0 Å². The Morgan fingerprint density at radius 3 is 2.24 bits per heavy atom. The van der Waals surface area contributed by atoms with E-state index in [0.717, 1.165) is 16.1 Å². The summed E-state index contributed by atoms with van der Waals surface area (Å²) in [4.78, 5) is 28.9. The van der Waals surface area contributed by atoms with Crippen LogP contribution >= 0.6 is 27.5 Å². The topological polar surface area (TPSA) is 86.8 Å². The van der Waals surface area contributed by atoms with E-state index in [1.165, 1.54) is 4.90 Å². The van der Waals surface area contributed by atoms with Crippen molar-refractivity contribution in [2.45, 2.75) is 38.9 Å². The first-order chi connectivity index (χ1) is 18.0. The molecule has 1 N–H and O–H groups in total. The van der Waals surface area contributed by atoms with Gasteiger partial charge in [-0.3, -0.25) is 13.9 Å². The van der Waals surface area contributed by atoms with E-state index in [2.05, 4.69) is 21.2 Å². The van der Waals surface area contributed by atoms with Crippen LogP contribution < -0.4 is 9.62 Å². The van der Waals surface area contributed by atoms with Gasteiger partial charge in [0.25, 0.3) is 0 Å². The van der Waals surface area contributed by atoms with Gasteiger partial charge in [-0.15, -0.1) is 0 Å². The molecule has 3 aromatic rings. The fourth-order valence-electron chi connectivity index (χ4n) is 3.99. The first kappa shape index (κ1) is 29.7. The van der Waals surface area contributed by atoms with Gasteiger partial charge >= 0.3 is 0 Å². The molecule has 0 aliphatic carbocycles. The van der Waals surface area contributed by atoms with Gasteiger partial charge in [-0.2, -0.15) is 0 Å². The number of hydrogen-bond acceptors (Lipinski definition) is 4. The van der Waals surface area contributed by atoms with Gasteiger partial charge in [0.15, 0.2) is 0 Å². The summed E-state index contributed by atoms with van der Waals surface area (Å²) in [5.41, 5.74) is 1.84. The summed E-state index contributed by atoms with van der Waals surface area (Å²) >= 11 is 9.81. The molecule has 202 valence electrons. The van der Waals surface area contributed by atoms with Crippen LogP contribution in [0.1, 0.15) is 25.0 Å². The van der Waals surface area contributed by atoms with Gasteiger partial charge in [-0.25, -0.2) is 8.42 Å². The Morgan fingerprint density at radius 1 is 0.974 bits per heavy atom. The molecule has 0 saturated carbocycles. The average Bonchev–Trinajstić information content (AvgIpc) is 2.85. The molecule has 0 bridgehead atoms. The average molecular weight is 621 g/mol. The third-order valence-corrected chi connectivity index (χ3v) is 7.78. The number of rotatable bonds is 11. The molecule has 0 radical (unpaired) electrons. The molecule has 10 heteroatoms. The zero-order valence-corrected chi connectivity index (χ0v) is 24.6. The van der Waals surface area contributed by atoms with Gasteiger partial charge in [0.2, 0.25) is 21.8 Å². The number of benzene rings is 3. The van der Waals surface area contributed by atoms with E-state index in [0.29, 0.717) is 20.7 Å². The van der Waals surface area contributed by atoms with Crippen molar-refractivity contribution in [3.63, 3.8) is 0 Å². The van der Waals surface area contributed by atoms with Crippen LogP contribution in [0.5, 0.6) is 0 Å². The maximum Gasteiger partial charge on any atom is 0.244 e. The van der Waals surface area contributed by atoms with Crippen molar-refractivity contribution >= 4 is 55.1 Å². The first-order valence-corrected chi connectivity index (χ1v) is 15.1. The number of carbonyl (C=O) groups excluding carboxylic acids is 2. The van der Waals surface area contributed by atoms with Crippen molar-refractivity contribution in [3.05, 3.63) is 99.5 Å². The van der Waals surface area contributed by atoms with E-state index >= 15 is 0 Å². The Morgan fingerprint density at radius 2 is 1.63 bits per heavy atom. The molecule has 2 amide bonds.